The molecular formula is C21H32O2. The molecule has 0 fully saturated rings. The van der Waals surface area contributed by atoms with E-state index in [-0.39, 0.29) is 23.5 Å². The van der Waals surface area contributed by atoms with E-state index in [0.717, 1.165) is 25.7 Å². The summed E-state index contributed by atoms with van der Waals surface area (Å²) in [6.45, 7) is 10.7. The molecule has 0 aromatic heterocycles. The number of allylic oxidation sites excluding steroid dienone is 6. The average Bonchev–Trinajstić information content (AvgIpc) is 2.46. The van der Waals surface area contributed by atoms with Crippen LogP contribution in [0.15, 0.2) is 47.5 Å². The van der Waals surface area contributed by atoms with Crippen LogP contribution < -0.4 is 0 Å². The summed E-state index contributed by atoms with van der Waals surface area (Å²) in [4.78, 5) is 0. The minimum absolute atomic E-state index is 0.0692. The topological polar surface area (TPSA) is 40.5 Å². The molecule has 2 nitrogen and oxygen atoms in total. The predicted octanol–water partition coefficient (Wildman–Crippen LogP) is 6.25. The molecule has 128 valence electrons. The number of hydrogen-bond acceptors (Lipinski definition) is 2. The lowest BCUT2D eigenvalue weighted by Gasteiger charge is -2.40. The molecule has 0 saturated carbocycles. The lowest BCUT2D eigenvalue weighted by molar-refractivity contribution is 0.179. The highest BCUT2D eigenvalue weighted by Crippen LogP contribution is 2.45. The maximum atomic E-state index is 10.6. The van der Waals surface area contributed by atoms with Crippen molar-refractivity contribution in [2.24, 2.45) is 23.7 Å². The zero-order chi connectivity index (χ0) is 17.0. The van der Waals surface area contributed by atoms with E-state index in [2.05, 4.69) is 33.4 Å². The maximum absolute atomic E-state index is 10.6. The second-order valence-electron chi connectivity index (χ2n) is 7.43. The maximum Gasteiger partial charge on any atom is 0.115 e. The van der Waals surface area contributed by atoms with Crippen molar-refractivity contribution in [2.45, 2.75) is 59.3 Å². The first-order chi connectivity index (χ1) is 10.9. The Balaban J connectivity index is 2.29. The van der Waals surface area contributed by atoms with Crippen molar-refractivity contribution in [2.75, 3.05) is 0 Å². The molecule has 2 aliphatic carbocycles. The van der Waals surface area contributed by atoms with Gasteiger partial charge in [-0.2, -0.15) is 0 Å². The molecule has 0 radical (unpaired) electrons. The van der Waals surface area contributed by atoms with Crippen LogP contribution in [0.4, 0.5) is 0 Å². The quantitative estimate of drug-likeness (QED) is 0.449. The van der Waals surface area contributed by atoms with Crippen molar-refractivity contribution in [3.63, 3.8) is 0 Å². The third-order valence-corrected chi connectivity index (χ3v) is 5.46. The summed E-state index contributed by atoms with van der Waals surface area (Å²) < 4.78 is 0. The summed E-state index contributed by atoms with van der Waals surface area (Å²) in [5, 5.41) is 20.5. The number of aliphatic hydroxyl groups is 2. The number of aliphatic hydroxyl groups excluding tert-OH is 2. The van der Waals surface area contributed by atoms with Crippen molar-refractivity contribution in [3.8, 4) is 0 Å². The fourth-order valence-electron chi connectivity index (χ4n) is 4.25. The van der Waals surface area contributed by atoms with E-state index in [1.807, 2.05) is 6.08 Å². The highest BCUT2D eigenvalue weighted by atomic mass is 16.3. The summed E-state index contributed by atoms with van der Waals surface area (Å²) in [6, 6.07) is 0. The summed E-state index contributed by atoms with van der Waals surface area (Å²) >= 11 is 0. The second-order valence-corrected chi connectivity index (χ2v) is 7.43. The van der Waals surface area contributed by atoms with E-state index >= 15 is 0 Å². The zero-order valence-electron chi connectivity index (χ0n) is 14.9. The Morgan fingerprint density at radius 3 is 2.65 bits per heavy atom. The molecule has 2 aliphatic rings. The Morgan fingerprint density at radius 2 is 2.00 bits per heavy atom. The zero-order valence-corrected chi connectivity index (χ0v) is 14.9. The van der Waals surface area contributed by atoms with Crippen LogP contribution in [0.3, 0.4) is 0 Å². The number of hydrogen-bond donors (Lipinski definition) is 2. The van der Waals surface area contributed by atoms with Crippen LogP contribution in [-0.2, 0) is 0 Å². The fraction of sp³-hybridized carbons (Fsp3) is 0.619. The standard InChI is InChI=1S/C21H32O2/c1-5-6-7-8-16-12-17(22)13-20(23)21(16)19-11-15(4)9-10-18(19)14(2)3/h11-13,16,18-19,21-23H,2,5-10H2,1,3-4H3/t16?,18-,19+,21?/m0/s1. The third-order valence-electron chi connectivity index (χ3n) is 5.46. The van der Waals surface area contributed by atoms with Crippen molar-refractivity contribution in [1.82, 2.24) is 0 Å². The van der Waals surface area contributed by atoms with Crippen molar-refractivity contribution in [3.05, 3.63) is 47.5 Å². The summed E-state index contributed by atoms with van der Waals surface area (Å²) in [6.07, 6.45) is 12.6. The van der Waals surface area contributed by atoms with Crippen molar-refractivity contribution >= 4 is 0 Å². The van der Waals surface area contributed by atoms with E-state index in [0.29, 0.717) is 11.7 Å². The smallest absolute Gasteiger partial charge is 0.115 e. The Kier molecular flexibility index (Phi) is 6.15. The van der Waals surface area contributed by atoms with E-state index < -0.39 is 0 Å². The molecule has 2 heteroatoms. The molecule has 0 amide bonds. The Bertz CT molecular complexity index is 524. The predicted molar refractivity (Wildman–Crippen MR) is 97.3 cm³/mol. The van der Waals surface area contributed by atoms with E-state index in [1.165, 1.54) is 30.1 Å². The summed E-state index contributed by atoms with van der Waals surface area (Å²) in [5.41, 5.74) is 2.61. The van der Waals surface area contributed by atoms with E-state index in [4.69, 9.17) is 0 Å². The Hall–Kier alpha value is -1.44. The van der Waals surface area contributed by atoms with Gasteiger partial charge in [-0.15, -0.1) is 0 Å². The van der Waals surface area contributed by atoms with Gasteiger partial charge in [-0.1, -0.05) is 50.0 Å². The normalized spacial score (nSPS) is 31.2. The van der Waals surface area contributed by atoms with Crippen molar-refractivity contribution < 1.29 is 10.2 Å². The molecule has 0 aromatic rings. The molecule has 2 rings (SSSR count). The third kappa shape index (κ3) is 4.31. The average molecular weight is 316 g/mol. The van der Waals surface area contributed by atoms with Gasteiger partial charge in [0.1, 0.15) is 11.5 Å². The first kappa shape index (κ1) is 17.9. The van der Waals surface area contributed by atoms with Gasteiger partial charge in [-0.3, -0.25) is 0 Å². The molecule has 2 N–H and O–H groups in total. The number of unbranched alkanes of at least 4 members (excludes halogenated alkanes) is 2. The van der Waals surface area contributed by atoms with Gasteiger partial charge in [-0.05, 0) is 56.9 Å². The van der Waals surface area contributed by atoms with Gasteiger partial charge in [0, 0.05) is 12.0 Å². The van der Waals surface area contributed by atoms with Crippen LogP contribution in [0, 0.1) is 23.7 Å². The lowest BCUT2D eigenvalue weighted by Crippen LogP contribution is -2.33. The van der Waals surface area contributed by atoms with E-state index in [9.17, 15) is 10.2 Å². The Labute approximate surface area is 141 Å². The van der Waals surface area contributed by atoms with Gasteiger partial charge in [0.2, 0.25) is 0 Å². The van der Waals surface area contributed by atoms with Gasteiger partial charge >= 0.3 is 0 Å². The minimum atomic E-state index is 0.0692. The van der Waals surface area contributed by atoms with Gasteiger partial charge in [0.25, 0.3) is 0 Å². The SMILES string of the molecule is C=C(C)[C@@H]1CCC(C)=C[C@H]1C1C(O)=CC(O)=CC1CCCCC. The highest BCUT2D eigenvalue weighted by Gasteiger charge is 2.38. The minimum Gasteiger partial charge on any atom is -0.512 e. The van der Waals surface area contributed by atoms with Gasteiger partial charge < -0.3 is 10.2 Å². The molecular weight excluding hydrogens is 284 g/mol. The molecule has 2 unspecified atom stereocenters. The van der Waals surface area contributed by atoms with Crippen LogP contribution >= 0.6 is 0 Å². The Morgan fingerprint density at radius 1 is 1.26 bits per heavy atom. The molecule has 4 atom stereocenters. The van der Waals surface area contributed by atoms with Crippen molar-refractivity contribution in [1.29, 1.82) is 0 Å². The lowest BCUT2D eigenvalue weighted by atomic mass is 9.65. The van der Waals surface area contributed by atoms with Gasteiger partial charge in [0.05, 0.1) is 0 Å². The molecule has 0 bridgehead atoms. The highest BCUT2D eigenvalue weighted by molar-refractivity contribution is 5.28. The summed E-state index contributed by atoms with van der Waals surface area (Å²) in [5.74, 6) is 1.53. The fourth-order valence-corrected chi connectivity index (χ4v) is 4.25. The second kappa shape index (κ2) is 7.90. The molecule has 23 heavy (non-hydrogen) atoms. The van der Waals surface area contributed by atoms with Crippen LogP contribution in [0.5, 0.6) is 0 Å². The van der Waals surface area contributed by atoms with Gasteiger partial charge in [-0.25, -0.2) is 0 Å². The van der Waals surface area contributed by atoms with Crippen LogP contribution in [0.2, 0.25) is 0 Å². The van der Waals surface area contributed by atoms with Crippen LogP contribution in [0.1, 0.15) is 59.3 Å². The largest absolute Gasteiger partial charge is 0.512 e. The first-order valence-electron chi connectivity index (χ1n) is 9.08. The monoisotopic (exact) mass is 316 g/mol. The van der Waals surface area contributed by atoms with Crippen LogP contribution in [0.25, 0.3) is 0 Å². The molecule has 0 aromatic carbocycles. The van der Waals surface area contributed by atoms with E-state index in [1.54, 1.807) is 0 Å². The molecule has 0 aliphatic heterocycles. The first-order valence-corrected chi connectivity index (χ1v) is 9.08. The molecule has 0 heterocycles. The van der Waals surface area contributed by atoms with Gasteiger partial charge in [0.15, 0.2) is 0 Å². The molecule has 0 spiro atoms. The van der Waals surface area contributed by atoms with Crippen LogP contribution in [-0.4, -0.2) is 10.2 Å². The summed E-state index contributed by atoms with van der Waals surface area (Å²) in [7, 11) is 0. The molecule has 0 saturated heterocycles. The number of rotatable bonds is 6.